The zero-order valence-corrected chi connectivity index (χ0v) is 14.7. The molecular formula is C21H22N2O2. The highest BCUT2D eigenvalue weighted by atomic mass is 16.5. The van der Waals surface area contributed by atoms with Gasteiger partial charge in [-0.05, 0) is 36.8 Å². The molecular weight excluding hydrogens is 312 g/mol. The molecule has 1 aromatic carbocycles. The van der Waals surface area contributed by atoms with Crippen molar-refractivity contribution in [3.63, 3.8) is 0 Å². The number of esters is 1. The molecule has 0 bridgehead atoms. The minimum atomic E-state index is -0.146. The summed E-state index contributed by atoms with van der Waals surface area (Å²) in [5, 5.41) is 1.42. The third-order valence-corrected chi connectivity index (χ3v) is 7.39. The van der Waals surface area contributed by atoms with Gasteiger partial charge < -0.3 is 14.2 Å². The number of ether oxygens (including phenoxy) is 1. The van der Waals surface area contributed by atoms with Gasteiger partial charge in [0, 0.05) is 35.3 Å². The second-order valence-corrected chi connectivity index (χ2v) is 8.10. The van der Waals surface area contributed by atoms with Crippen molar-refractivity contribution >= 4 is 16.9 Å². The van der Waals surface area contributed by atoms with Crippen molar-refractivity contribution in [3.05, 3.63) is 47.3 Å². The Morgan fingerprint density at radius 3 is 2.96 bits per heavy atom. The van der Waals surface area contributed by atoms with Crippen molar-refractivity contribution in [3.8, 4) is 0 Å². The van der Waals surface area contributed by atoms with Gasteiger partial charge in [0.1, 0.15) is 0 Å². The standard InChI is InChI=1S/C21H22N2O2/c1-12-7-8-16-15(20(24)25-2)11-22-10-9-14-13-5-3-4-6-17(13)23-18(14)19(22)21(12,16)23/h3-6,11-12,16,19H,7-10H2,1-2H3/t12-,16+,19+,21-/m0/s1. The predicted molar refractivity (Wildman–Crippen MR) is 95.1 cm³/mol. The lowest BCUT2D eigenvalue weighted by atomic mass is 9.62. The van der Waals surface area contributed by atoms with Gasteiger partial charge in [0.25, 0.3) is 0 Å². The van der Waals surface area contributed by atoms with Gasteiger partial charge in [-0.25, -0.2) is 4.79 Å². The molecule has 4 nitrogen and oxygen atoms in total. The van der Waals surface area contributed by atoms with E-state index in [0.717, 1.165) is 25.0 Å². The van der Waals surface area contributed by atoms with Crippen LogP contribution in [0.2, 0.25) is 0 Å². The highest BCUT2D eigenvalue weighted by Crippen LogP contribution is 2.68. The molecule has 0 unspecified atom stereocenters. The molecule has 4 heteroatoms. The Balaban J connectivity index is 1.69. The Morgan fingerprint density at radius 1 is 1.28 bits per heavy atom. The van der Waals surface area contributed by atoms with Crippen molar-refractivity contribution < 1.29 is 9.53 Å². The summed E-state index contributed by atoms with van der Waals surface area (Å²) in [6.45, 7) is 3.37. The first-order valence-corrected chi connectivity index (χ1v) is 9.38. The minimum Gasteiger partial charge on any atom is -0.466 e. The Labute approximate surface area is 147 Å². The Morgan fingerprint density at radius 2 is 2.12 bits per heavy atom. The van der Waals surface area contributed by atoms with E-state index in [0.29, 0.717) is 12.0 Å². The van der Waals surface area contributed by atoms with Crippen LogP contribution >= 0.6 is 0 Å². The van der Waals surface area contributed by atoms with Gasteiger partial charge in [-0.3, -0.25) is 0 Å². The largest absolute Gasteiger partial charge is 0.466 e. The van der Waals surface area contributed by atoms with E-state index in [1.54, 1.807) is 0 Å². The number of aromatic nitrogens is 1. The number of carbonyl (C=O) groups is 1. The first-order valence-electron chi connectivity index (χ1n) is 9.38. The van der Waals surface area contributed by atoms with Crippen molar-refractivity contribution in [2.24, 2.45) is 11.8 Å². The number of nitrogens with zero attached hydrogens (tertiary/aromatic N) is 2. The van der Waals surface area contributed by atoms with Crippen LogP contribution in [-0.2, 0) is 21.5 Å². The number of hydrogen-bond acceptors (Lipinski definition) is 3. The summed E-state index contributed by atoms with van der Waals surface area (Å²) >= 11 is 0. The van der Waals surface area contributed by atoms with Crippen LogP contribution < -0.4 is 0 Å². The Hall–Kier alpha value is -2.23. The minimum absolute atomic E-state index is 0.0197. The maximum Gasteiger partial charge on any atom is 0.335 e. The van der Waals surface area contributed by atoms with E-state index in [1.165, 1.54) is 35.7 Å². The summed E-state index contributed by atoms with van der Waals surface area (Å²) in [6, 6.07) is 9.27. The highest BCUT2D eigenvalue weighted by molar-refractivity contribution is 5.92. The van der Waals surface area contributed by atoms with Crippen LogP contribution in [0, 0.1) is 11.8 Å². The Kier molecular flexibility index (Phi) is 2.40. The van der Waals surface area contributed by atoms with Crippen molar-refractivity contribution in [2.75, 3.05) is 13.7 Å². The summed E-state index contributed by atoms with van der Waals surface area (Å²) in [6.07, 6.45) is 5.43. The third kappa shape index (κ3) is 1.30. The molecule has 128 valence electrons. The molecule has 1 aliphatic carbocycles. The van der Waals surface area contributed by atoms with Crippen LogP contribution in [0.15, 0.2) is 36.0 Å². The number of para-hydroxylation sites is 1. The molecule has 4 heterocycles. The fourth-order valence-corrected chi connectivity index (χ4v) is 6.55. The molecule has 0 N–H and O–H groups in total. The molecule has 2 aromatic rings. The molecule has 4 aliphatic rings. The number of carbonyl (C=O) groups excluding carboxylic acids is 1. The van der Waals surface area contributed by atoms with E-state index >= 15 is 0 Å². The van der Waals surface area contributed by atoms with E-state index in [9.17, 15) is 4.79 Å². The third-order valence-electron chi connectivity index (χ3n) is 7.39. The van der Waals surface area contributed by atoms with Crippen LogP contribution in [0.25, 0.3) is 10.9 Å². The van der Waals surface area contributed by atoms with Crippen LogP contribution in [0.1, 0.15) is 37.1 Å². The van der Waals surface area contributed by atoms with Crippen molar-refractivity contribution in [2.45, 2.75) is 37.8 Å². The van der Waals surface area contributed by atoms with Crippen molar-refractivity contribution in [1.29, 1.82) is 0 Å². The average Bonchev–Trinajstić information content (AvgIpc) is 3.14. The summed E-state index contributed by atoms with van der Waals surface area (Å²) in [5.41, 5.74) is 5.30. The maximum atomic E-state index is 12.6. The summed E-state index contributed by atoms with van der Waals surface area (Å²) in [4.78, 5) is 15.0. The second-order valence-electron chi connectivity index (χ2n) is 8.10. The zero-order valence-electron chi connectivity index (χ0n) is 14.7. The lowest BCUT2D eigenvalue weighted by molar-refractivity contribution is -0.139. The van der Waals surface area contributed by atoms with Crippen LogP contribution in [0.5, 0.6) is 0 Å². The number of fused-ring (bicyclic) bond motifs is 3. The zero-order chi connectivity index (χ0) is 16.9. The molecule has 1 saturated carbocycles. The lowest BCUT2D eigenvalue weighted by Crippen LogP contribution is -2.65. The van der Waals surface area contributed by atoms with Gasteiger partial charge in [0.15, 0.2) is 0 Å². The molecule has 6 rings (SSSR count). The monoisotopic (exact) mass is 334 g/mol. The van der Waals surface area contributed by atoms with Gasteiger partial charge >= 0.3 is 5.97 Å². The molecule has 0 saturated heterocycles. The van der Waals surface area contributed by atoms with E-state index in [4.69, 9.17) is 4.74 Å². The van der Waals surface area contributed by atoms with Crippen LogP contribution in [0.4, 0.5) is 0 Å². The molecule has 25 heavy (non-hydrogen) atoms. The Bertz CT molecular complexity index is 972. The van der Waals surface area contributed by atoms with E-state index < -0.39 is 0 Å². The number of hydrogen-bond donors (Lipinski definition) is 0. The molecule has 1 fully saturated rings. The molecule has 4 atom stereocenters. The van der Waals surface area contributed by atoms with Gasteiger partial charge in [0.2, 0.25) is 0 Å². The molecule has 1 aromatic heterocycles. The van der Waals surface area contributed by atoms with Gasteiger partial charge in [-0.1, -0.05) is 25.1 Å². The molecule has 0 radical (unpaired) electrons. The first-order chi connectivity index (χ1) is 12.2. The average molecular weight is 334 g/mol. The smallest absolute Gasteiger partial charge is 0.335 e. The normalized spacial score (nSPS) is 34.2. The van der Waals surface area contributed by atoms with Gasteiger partial charge in [0.05, 0.1) is 24.3 Å². The second kappa shape index (κ2) is 4.29. The molecule has 0 amide bonds. The molecule has 3 aliphatic heterocycles. The summed E-state index contributed by atoms with van der Waals surface area (Å²) < 4.78 is 7.78. The fraction of sp³-hybridized carbons (Fsp3) is 0.476. The predicted octanol–water partition coefficient (Wildman–Crippen LogP) is 3.37. The van der Waals surface area contributed by atoms with Crippen LogP contribution in [0.3, 0.4) is 0 Å². The van der Waals surface area contributed by atoms with Gasteiger partial charge in [-0.2, -0.15) is 0 Å². The fourth-order valence-electron chi connectivity index (χ4n) is 6.55. The highest BCUT2D eigenvalue weighted by Gasteiger charge is 2.68. The van der Waals surface area contributed by atoms with E-state index in [2.05, 4.69) is 46.9 Å². The number of rotatable bonds is 1. The van der Waals surface area contributed by atoms with E-state index in [1.807, 2.05) is 0 Å². The van der Waals surface area contributed by atoms with Crippen LogP contribution in [-0.4, -0.2) is 29.1 Å². The number of benzene rings is 1. The first kappa shape index (κ1) is 14.0. The topological polar surface area (TPSA) is 34.5 Å². The lowest BCUT2D eigenvalue weighted by Gasteiger charge is -2.63. The SMILES string of the molecule is COC(=O)C1=CN2CCc3c4n(c5ccccc35)[C@@]3([C@@H]1CC[C@@H]3C)[C@@H]42. The number of methoxy groups -OCH3 is 1. The summed E-state index contributed by atoms with van der Waals surface area (Å²) in [7, 11) is 1.51. The van der Waals surface area contributed by atoms with E-state index in [-0.39, 0.29) is 17.4 Å². The molecule has 1 spiro atoms. The van der Waals surface area contributed by atoms with Gasteiger partial charge in [-0.15, -0.1) is 0 Å². The van der Waals surface area contributed by atoms with Crippen molar-refractivity contribution in [1.82, 2.24) is 9.47 Å². The summed E-state index contributed by atoms with van der Waals surface area (Å²) in [5.74, 6) is 0.686. The quantitative estimate of drug-likeness (QED) is 0.750. The maximum absolute atomic E-state index is 12.6.